The number of carbonyl (C=O) groups is 2. The highest BCUT2D eigenvalue weighted by Gasteiger charge is 2.44. The van der Waals surface area contributed by atoms with Gasteiger partial charge >= 0.3 is 0 Å². The molecule has 152 valence electrons. The van der Waals surface area contributed by atoms with Crippen LogP contribution in [0, 0.1) is 0 Å². The number of likely N-dealkylation sites (N-methyl/N-ethyl adjacent to an activating group) is 1. The third-order valence-electron chi connectivity index (χ3n) is 5.64. The first-order valence-corrected chi connectivity index (χ1v) is 10.8. The minimum Gasteiger partial charge on any atom is -0.503 e. The average molecular weight is 412 g/mol. The molecule has 7 heteroatoms. The van der Waals surface area contributed by atoms with Gasteiger partial charge in [-0.15, -0.1) is 11.3 Å². The Morgan fingerprint density at radius 1 is 1.10 bits per heavy atom. The number of benzene rings is 1. The summed E-state index contributed by atoms with van der Waals surface area (Å²) in [6.07, 6.45) is 0.241. The molecule has 2 aromatic rings. The van der Waals surface area contributed by atoms with Gasteiger partial charge in [-0.05, 0) is 42.8 Å². The SMILES string of the molecule is CCC(=O)C1=C(O)C(=O)N(c2ccc(N3CCN(C)CC3)cc2)C1c1cccs1. The second-order valence-corrected chi connectivity index (χ2v) is 8.42. The largest absolute Gasteiger partial charge is 0.503 e. The number of nitrogens with zero attached hydrogens (tertiary/aromatic N) is 3. The van der Waals surface area contributed by atoms with Crippen LogP contribution >= 0.6 is 11.3 Å². The maximum atomic E-state index is 12.9. The van der Waals surface area contributed by atoms with E-state index in [-0.39, 0.29) is 17.8 Å². The highest BCUT2D eigenvalue weighted by atomic mass is 32.1. The Morgan fingerprint density at radius 3 is 2.34 bits per heavy atom. The van der Waals surface area contributed by atoms with Crippen LogP contribution in [0.4, 0.5) is 11.4 Å². The predicted molar refractivity (Wildman–Crippen MR) is 116 cm³/mol. The molecular weight excluding hydrogens is 386 g/mol. The monoisotopic (exact) mass is 411 g/mol. The van der Waals surface area contributed by atoms with Gasteiger partial charge in [0.2, 0.25) is 0 Å². The fourth-order valence-electron chi connectivity index (χ4n) is 3.95. The molecule has 0 spiro atoms. The minimum absolute atomic E-state index is 0.197. The first-order chi connectivity index (χ1) is 14.0. The molecule has 1 unspecified atom stereocenters. The summed E-state index contributed by atoms with van der Waals surface area (Å²) in [7, 11) is 2.12. The van der Waals surface area contributed by atoms with Gasteiger partial charge in [-0.3, -0.25) is 14.5 Å². The number of amides is 1. The van der Waals surface area contributed by atoms with Crippen LogP contribution in [0.2, 0.25) is 0 Å². The van der Waals surface area contributed by atoms with Crippen molar-refractivity contribution in [3.05, 3.63) is 58.0 Å². The van der Waals surface area contributed by atoms with E-state index in [0.29, 0.717) is 5.69 Å². The van der Waals surface area contributed by atoms with Crippen LogP contribution in [0.25, 0.3) is 0 Å². The lowest BCUT2D eigenvalue weighted by Crippen LogP contribution is -2.44. The van der Waals surface area contributed by atoms with Crippen molar-refractivity contribution < 1.29 is 14.7 Å². The molecule has 29 heavy (non-hydrogen) atoms. The van der Waals surface area contributed by atoms with Crippen LogP contribution in [0.1, 0.15) is 24.3 Å². The number of aliphatic hydroxyl groups is 1. The van der Waals surface area contributed by atoms with Crippen LogP contribution in [0.5, 0.6) is 0 Å². The molecule has 1 N–H and O–H groups in total. The van der Waals surface area contributed by atoms with E-state index >= 15 is 0 Å². The van der Waals surface area contributed by atoms with E-state index in [9.17, 15) is 14.7 Å². The zero-order chi connectivity index (χ0) is 20.5. The smallest absolute Gasteiger partial charge is 0.294 e. The topological polar surface area (TPSA) is 64.1 Å². The molecule has 2 aliphatic rings. The summed E-state index contributed by atoms with van der Waals surface area (Å²) in [5, 5.41) is 12.4. The van der Waals surface area contributed by atoms with Crippen LogP contribution in [-0.4, -0.2) is 54.9 Å². The van der Waals surface area contributed by atoms with Gasteiger partial charge in [0, 0.05) is 48.9 Å². The number of ketones is 1. The van der Waals surface area contributed by atoms with Gasteiger partial charge in [0.15, 0.2) is 11.5 Å². The number of carbonyl (C=O) groups excluding carboxylic acids is 2. The molecular formula is C22H25N3O3S. The highest BCUT2D eigenvalue weighted by molar-refractivity contribution is 7.10. The lowest BCUT2D eigenvalue weighted by Gasteiger charge is -2.34. The Bertz CT molecular complexity index is 929. The number of hydrogen-bond acceptors (Lipinski definition) is 6. The second kappa shape index (κ2) is 8.00. The molecule has 6 nitrogen and oxygen atoms in total. The normalized spacial score (nSPS) is 20.6. The molecule has 1 fully saturated rings. The fraction of sp³-hybridized carbons (Fsp3) is 0.364. The van der Waals surface area contributed by atoms with E-state index in [4.69, 9.17) is 0 Å². The molecule has 1 saturated heterocycles. The standard InChI is InChI=1S/C22H25N3O3S/c1-3-17(26)19-20(18-5-4-14-29-18)25(22(28)21(19)27)16-8-6-15(7-9-16)24-12-10-23(2)11-13-24/h4-9,14,20,27H,3,10-13H2,1-2H3. The number of anilines is 2. The van der Waals surface area contributed by atoms with Crippen molar-refractivity contribution in [1.82, 2.24) is 4.90 Å². The average Bonchev–Trinajstić information content (AvgIpc) is 3.35. The van der Waals surface area contributed by atoms with E-state index in [1.807, 2.05) is 41.8 Å². The summed E-state index contributed by atoms with van der Waals surface area (Å²) in [5.74, 6) is -1.16. The Hall–Kier alpha value is -2.64. The van der Waals surface area contributed by atoms with E-state index in [1.165, 1.54) is 16.2 Å². The molecule has 0 saturated carbocycles. The molecule has 2 aliphatic heterocycles. The molecule has 1 aromatic carbocycles. The molecule has 1 aromatic heterocycles. The number of piperazine rings is 1. The van der Waals surface area contributed by atoms with Gasteiger partial charge in [0.1, 0.15) is 6.04 Å². The van der Waals surface area contributed by atoms with Crippen LogP contribution < -0.4 is 9.80 Å². The molecule has 0 bridgehead atoms. The van der Waals surface area contributed by atoms with Gasteiger partial charge < -0.3 is 14.9 Å². The van der Waals surface area contributed by atoms with Crippen molar-refractivity contribution in [2.45, 2.75) is 19.4 Å². The van der Waals surface area contributed by atoms with E-state index in [2.05, 4.69) is 16.8 Å². The van der Waals surface area contributed by atoms with E-state index in [0.717, 1.165) is 36.7 Å². The molecule has 1 atom stereocenters. The first kappa shape index (κ1) is 19.7. The lowest BCUT2D eigenvalue weighted by molar-refractivity contribution is -0.118. The zero-order valence-electron chi connectivity index (χ0n) is 16.7. The number of hydrogen-bond donors (Lipinski definition) is 1. The Morgan fingerprint density at radius 2 is 1.76 bits per heavy atom. The quantitative estimate of drug-likeness (QED) is 0.817. The number of aliphatic hydroxyl groups excluding tert-OH is 1. The second-order valence-electron chi connectivity index (χ2n) is 7.44. The summed E-state index contributed by atoms with van der Waals surface area (Å²) < 4.78 is 0. The van der Waals surface area contributed by atoms with Crippen molar-refractivity contribution in [1.29, 1.82) is 0 Å². The predicted octanol–water partition coefficient (Wildman–Crippen LogP) is 3.38. The molecule has 3 heterocycles. The van der Waals surface area contributed by atoms with Gasteiger partial charge in [-0.2, -0.15) is 0 Å². The van der Waals surface area contributed by atoms with Crippen LogP contribution in [0.15, 0.2) is 53.1 Å². The Balaban J connectivity index is 1.66. The van der Waals surface area contributed by atoms with Crippen molar-refractivity contribution in [3.8, 4) is 0 Å². The Labute approximate surface area is 174 Å². The number of Topliss-reactive ketones (excluding diaryl/α,β-unsaturated/α-hetero) is 1. The van der Waals surface area contributed by atoms with Crippen molar-refractivity contribution in [3.63, 3.8) is 0 Å². The van der Waals surface area contributed by atoms with Crippen molar-refractivity contribution >= 4 is 34.4 Å². The molecule has 1 amide bonds. The minimum atomic E-state index is -0.579. The van der Waals surface area contributed by atoms with Gasteiger partial charge in [0.25, 0.3) is 5.91 Å². The highest BCUT2D eigenvalue weighted by Crippen LogP contribution is 2.43. The molecule has 0 aliphatic carbocycles. The zero-order valence-corrected chi connectivity index (χ0v) is 17.5. The van der Waals surface area contributed by atoms with E-state index < -0.39 is 17.7 Å². The summed E-state index contributed by atoms with van der Waals surface area (Å²) in [6.45, 7) is 5.72. The third-order valence-corrected chi connectivity index (χ3v) is 6.56. The van der Waals surface area contributed by atoms with Gasteiger partial charge in [0.05, 0.1) is 5.57 Å². The maximum absolute atomic E-state index is 12.9. The summed E-state index contributed by atoms with van der Waals surface area (Å²) >= 11 is 1.48. The van der Waals surface area contributed by atoms with Crippen molar-refractivity contribution in [2.24, 2.45) is 0 Å². The van der Waals surface area contributed by atoms with Gasteiger partial charge in [-0.1, -0.05) is 13.0 Å². The molecule has 4 rings (SSSR count). The number of rotatable bonds is 5. The van der Waals surface area contributed by atoms with Crippen LogP contribution in [0.3, 0.4) is 0 Å². The van der Waals surface area contributed by atoms with E-state index in [1.54, 1.807) is 6.92 Å². The van der Waals surface area contributed by atoms with Crippen molar-refractivity contribution in [2.75, 3.05) is 43.0 Å². The lowest BCUT2D eigenvalue weighted by atomic mass is 10.00. The summed E-state index contributed by atoms with van der Waals surface area (Å²) in [6, 6.07) is 11.0. The third kappa shape index (κ3) is 3.56. The summed E-state index contributed by atoms with van der Waals surface area (Å²) in [4.78, 5) is 32.5. The first-order valence-electron chi connectivity index (χ1n) is 9.88. The maximum Gasteiger partial charge on any atom is 0.294 e. The summed E-state index contributed by atoms with van der Waals surface area (Å²) in [5.41, 5.74) is 1.99. The number of thiophene rings is 1. The molecule has 0 radical (unpaired) electrons. The fourth-order valence-corrected chi connectivity index (χ4v) is 4.78. The van der Waals surface area contributed by atoms with Gasteiger partial charge in [-0.25, -0.2) is 0 Å². The van der Waals surface area contributed by atoms with Crippen LogP contribution in [-0.2, 0) is 9.59 Å². The Kier molecular flexibility index (Phi) is 5.43.